The molecule has 21 heavy (non-hydrogen) atoms. The summed E-state index contributed by atoms with van der Waals surface area (Å²) in [6.07, 6.45) is 1.68. The second kappa shape index (κ2) is 5.97. The van der Waals surface area contributed by atoms with Gasteiger partial charge in [-0.15, -0.1) is 0 Å². The first-order valence-corrected chi connectivity index (χ1v) is 7.16. The molecule has 3 aromatic rings. The predicted molar refractivity (Wildman–Crippen MR) is 85.9 cm³/mol. The van der Waals surface area contributed by atoms with Crippen LogP contribution >= 0.6 is 11.6 Å². The normalized spacial score (nSPS) is 10.6. The number of rotatable bonds is 4. The van der Waals surface area contributed by atoms with Crippen molar-refractivity contribution in [2.24, 2.45) is 0 Å². The van der Waals surface area contributed by atoms with Crippen molar-refractivity contribution in [3.63, 3.8) is 0 Å². The molecule has 0 saturated heterocycles. The van der Waals surface area contributed by atoms with Gasteiger partial charge in [-0.1, -0.05) is 41.9 Å². The zero-order valence-corrected chi connectivity index (χ0v) is 12.4. The number of benzene rings is 1. The standard InChI is InChI=1S/C16H15ClN4/c1-2-21-16(19-13-8-9-18-15(17)10-13)11-14(20-21)12-6-4-3-5-7-12/h3-11H,2H2,1H3,(H,18,19). The molecule has 2 aromatic heterocycles. The fourth-order valence-electron chi connectivity index (χ4n) is 2.14. The van der Waals surface area contributed by atoms with Crippen LogP contribution in [0.3, 0.4) is 0 Å². The third-order valence-corrected chi connectivity index (χ3v) is 3.35. The maximum atomic E-state index is 5.91. The van der Waals surface area contributed by atoms with E-state index in [-0.39, 0.29) is 0 Å². The molecule has 0 radical (unpaired) electrons. The topological polar surface area (TPSA) is 42.7 Å². The van der Waals surface area contributed by atoms with Crippen LogP contribution in [0.15, 0.2) is 54.7 Å². The van der Waals surface area contributed by atoms with Crippen molar-refractivity contribution in [2.45, 2.75) is 13.5 Å². The molecule has 106 valence electrons. The average molecular weight is 299 g/mol. The highest BCUT2D eigenvalue weighted by atomic mass is 35.5. The molecule has 0 aliphatic heterocycles. The van der Waals surface area contributed by atoms with Gasteiger partial charge < -0.3 is 5.32 Å². The van der Waals surface area contributed by atoms with Crippen molar-refractivity contribution < 1.29 is 0 Å². The lowest BCUT2D eigenvalue weighted by Gasteiger charge is -2.07. The van der Waals surface area contributed by atoms with E-state index in [1.165, 1.54) is 0 Å². The molecule has 5 heteroatoms. The van der Waals surface area contributed by atoms with Crippen molar-refractivity contribution >= 4 is 23.1 Å². The van der Waals surface area contributed by atoms with Gasteiger partial charge in [0.25, 0.3) is 0 Å². The number of aryl methyl sites for hydroxylation is 1. The maximum Gasteiger partial charge on any atom is 0.131 e. The Kier molecular flexibility index (Phi) is 3.88. The van der Waals surface area contributed by atoms with Gasteiger partial charge in [-0.25, -0.2) is 9.67 Å². The molecule has 0 bridgehead atoms. The van der Waals surface area contributed by atoms with E-state index < -0.39 is 0 Å². The lowest BCUT2D eigenvalue weighted by atomic mass is 10.1. The van der Waals surface area contributed by atoms with Crippen LogP contribution in [0.5, 0.6) is 0 Å². The monoisotopic (exact) mass is 298 g/mol. The van der Waals surface area contributed by atoms with E-state index in [1.54, 1.807) is 12.3 Å². The van der Waals surface area contributed by atoms with E-state index >= 15 is 0 Å². The fraction of sp³-hybridized carbons (Fsp3) is 0.125. The molecule has 2 heterocycles. The summed E-state index contributed by atoms with van der Waals surface area (Å²) in [6.45, 7) is 2.85. The van der Waals surface area contributed by atoms with Gasteiger partial charge in [-0.05, 0) is 19.1 Å². The minimum Gasteiger partial charge on any atom is -0.340 e. The number of nitrogens with zero attached hydrogens (tertiary/aromatic N) is 3. The van der Waals surface area contributed by atoms with Crippen molar-refractivity contribution in [2.75, 3.05) is 5.32 Å². The molecule has 0 aliphatic carbocycles. The van der Waals surface area contributed by atoms with Gasteiger partial charge in [0, 0.05) is 30.1 Å². The summed E-state index contributed by atoms with van der Waals surface area (Å²) < 4.78 is 1.93. The number of aromatic nitrogens is 3. The summed E-state index contributed by atoms with van der Waals surface area (Å²) in [4.78, 5) is 3.98. The van der Waals surface area contributed by atoms with Crippen LogP contribution in [-0.4, -0.2) is 14.8 Å². The first-order valence-electron chi connectivity index (χ1n) is 6.78. The van der Waals surface area contributed by atoms with Crippen LogP contribution in [0, 0.1) is 0 Å². The van der Waals surface area contributed by atoms with Crippen molar-refractivity contribution in [1.29, 1.82) is 0 Å². The van der Waals surface area contributed by atoms with E-state index in [2.05, 4.69) is 34.5 Å². The van der Waals surface area contributed by atoms with Crippen molar-refractivity contribution in [3.05, 3.63) is 59.9 Å². The summed E-state index contributed by atoms with van der Waals surface area (Å²) >= 11 is 5.91. The van der Waals surface area contributed by atoms with Gasteiger partial charge >= 0.3 is 0 Å². The number of hydrogen-bond acceptors (Lipinski definition) is 3. The predicted octanol–water partition coefficient (Wildman–Crippen LogP) is 4.36. The Labute approximate surface area is 128 Å². The minimum absolute atomic E-state index is 0.464. The molecule has 1 aromatic carbocycles. The Morgan fingerprint density at radius 2 is 1.95 bits per heavy atom. The first kappa shape index (κ1) is 13.6. The Morgan fingerprint density at radius 3 is 2.67 bits per heavy atom. The van der Waals surface area contributed by atoms with Gasteiger partial charge in [-0.2, -0.15) is 5.10 Å². The molecule has 3 rings (SSSR count). The molecular formula is C16H15ClN4. The highest BCUT2D eigenvalue weighted by Gasteiger charge is 2.08. The van der Waals surface area contributed by atoms with Crippen molar-refractivity contribution in [1.82, 2.24) is 14.8 Å². The molecule has 0 aliphatic rings. The minimum atomic E-state index is 0.464. The second-order valence-corrected chi connectivity index (χ2v) is 4.98. The van der Waals surface area contributed by atoms with Gasteiger partial charge in [-0.3, -0.25) is 0 Å². The van der Waals surface area contributed by atoms with Crippen LogP contribution in [0.25, 0.3) is 11.3 Å². The maximum absolute atomic E-state index is 5.91. The van der Waals surface area contributed by atoms with Crippen LogP contribution in [0.1, 0.15) is 6.92 Å². The lowest BCUT2D eigenvalue weighted by molar-refractivity contribution is 0.670. The highest BCUT2D eigenvalue weighted by molar-refractivity contribution is 6.29. The number of pyridine rings is 1. The number of anilines is 2. The summed E-state index contributed by atoms with van der Waals surface area (Å²) in [7, 11) is 0. The molecular weight excluding hydrogens is 284 g/mol. The first-order chi connectivity index (χ1) is 10.3. The van der Waals surface area contributed by atoms with Gasteiger partial charge in [0.2, 0.25) is 0 Å². The highest BCUT2D eigenvalue weighted by Crippen LogP contribution is 2.24. The third-order valence-electron chi connectivity index (χ3n) is 3.15. The third kappa shape index (κ3) is 3.06. The van der Waals surface area contributed by atoms with E-state index in [1.807, 2.05) is 35.0 Å². The van der Waals surface area contributed by atoms with E-state index in [4.69, 9.17) is 11.6 Å². The largest absolute Gasteiger partial charge is 0.340 e. The van der Waals surface area contributed by atoms with E-state index in [0.717, 1.165) is 29.3 Å². The Morgan fingerprint density at radius 1 is 1.14 bits per heavy atom. The summed E-state index contributed by atoms with van der Waals surface area (Å²) in [5.41, 5.74) is 2.94. The molecule has 4 nitrogen and oxygen atoms in total. The van der Waals surface area contributed by atoms with Gasteiger partial charge in [0.15, 0.2) is 0 Å². The Balaban J connectivity index is 1.93. The molecule has 0 saturated carbocycles. The zero-order chi connectivity index (χ0) is 14.7. The molecule has 1 N–H and O–H groups in total. The number of halogens is 1. The van der Waals surface area contributed by atoms with Crippen LogP contribution in [-0.2, 0) is 6.54 Å². The molecule has 0 unspecified atom stereocenters. The fourth-order valence-corrected chi connectivity index (χ4v) is 2.31. The van der Waals surface area contributed by atoms with Crippen LogP contribution in [0.4, 0.5) is 11.5 Å². The zero-order valence-electron chi connectivity index (χ0n) is 11.6. The van der Waals surface area contributed by atoms with Crippen LogP contribution < -0.4 is 5.32 Å². The second-order valence-electron chi connectivity index (χ2n) is 4.59. The summed E-state index contributed by atoms with van der Waals surface area (Å²) in [5.74, 6) is 0.929. The van der Waals surface area contributed by atoms with Gasteiger partial charge in [0.05, 0.1) is 5.69 Å². The summed E-state index contributed by atoms with van der Waals surface area (Å²) in [5, 5.41) is 8.42. The Bertz CT molecular complexity index is 737. The van der Waals surface area contributed by atoms with E-state index in [0.29, 0.717) is 5.15 Å². The Hall–Kier alpha value is -2.33. The smallest absolute Gasteiger partial charge is 0.131 e. The molecule has 0 fully saturated rings. The quantitative estimate of drug-likeness (QED) is 0.728. The van der Waals surface area contributed by atoms with Crippen LogP contribution in [0.2, 0.25) is 5.15 Å². The lowest BCUT2D eigenvalue weighted by Crippen LogP contribution is -2.02. The van der Waals surface area contributed by atoms with Crippen molar-refractivity contribution in [3.8, 4) is 11.3 Å². The molecule has 0 atom stereocenters. The SMILES string of the molecule is CCn1nc(-c2ccccc2)cc1Nc1ccnc(Cl)c1. The number of nitrogens with one attached hydrogen (secondary N) is 1. The number of hydrogen-bond donors (Lipinski definition) is 1. The van der Waals surface area contributed by atoms with E-state index in [9.17, 15) is 0 Å². The molecule has 0 spiro atoms. The molecule has 0 amide bonds. The summed E-state index contributed by atoms with van der Waals surface area (Å²) in [6, 6.07) is 15.8. The average Bonchev–Trinajstić information content (AvgIpc) is 2.91. The van der Waals surface area contributed by atoms with Gasteiger partial charge in [0.1, 0.15) is 11.0 Å².